The number of nitrogens with one attached hydrogen (secondary N) is 2. The Morgan fingerprint density at radius 1 is 0.943 bits per heavy atom. The summed E-state index contributed by atoms with van der Waals surface area (Å²) in [5.41, 5.74) is 16.1. The molecular weight excluding hydrogens is 442 g/mol. The molecule has 0 atom stereocenters. The smallest absolute Gasteiger partial charge is 0.312 e. The summed E-state index contributed by atoms with van der Waals surface area (Å²) in [6.07, 6.45) is 3.94. The van der Waals surface area contributed by atoms with Crippen LogP contribution < -0.4 is 22.1 Å². The number of carbonyl (C=O) groups is 2. The van der Waals surface area contributed by atoms with Crippen LogP contribution in [0.1, 0.15) is 45.7 Å². The topological polar surface area (TPSA) is 141 Å². The lowest BCUT2D eigenvalue weighted by Crippen LogP contribution is -2.29. The van der Waals surface area contributed by atoms with Crippen molar-refractivity contribution < 1.29 is 9.59 Å². The fourth-order valence-corrected chi connectivity index (χ4v) is 4.65. The number of amides is 3. The molecule has 9 heteroatoms. The molecule has 0 fully saturated rings. The van der Waals surface area contributed by atoms with E-state index in [1.54, 1.807) is 12.1 Å². The second-order valence-corrected chi connectivity index (χ2v) is 8.64. The van der Waals surface area contributed by atoms with E-state index in [0.29, 0.717) is 29.1 Å². The summed E-state index contributed by atoms with van der Waals surface area (Å²) in [5.74, 6) is 0.744. The zero-order valence-corrected chi connectivity index (χ0v) is 19.3. The predicted octanol–water partition coefficient (Wildman–Crippen LogP) is 3.18. The molecular formula is C26H27N7O2. The van der Waals surface area contributed by atoms with E-state index in [0.717, 1.165) is 53.8 Å². The number of anilines is 1. The van der Waals surface area contributed by atoms with Gasteiger partial charge in [0.2, 0.25) is 11.9 Å². The molecule has 35 heavy (non-hydrogen) atoms. The van der Waals surface area contributed by atoms with Crippen molar-refractivity contribution in [2.45, 2.75) is 38.8 Å². The third-order valence-corrected chi connectivity index (χ3v) is 6.31. The number of benzene rings is 2. The quantitative estimate of drug-likeness (QED) is 0.329. The van der Waals surface area contributed by atoms with Crippen LogP contribution in [0.2, 0.25) is 0 Å². The van der Waals surface area contributed by atoms with Crippen molar-refractivity contribution in [3.63, 3.8) is 0 Å². The van der Waals surface area contributed by atoms with Gasteiger partial charge in [0, 0.05) is 28.8 Å². The number of aryl methyl sites for hydroxylation is 1. The summed E-state index contributed by atoms with van der Waals surface area (Å²) in [6.45, 7) is 0.785. The van der Waals surface area contributed by atoms with Crippen molar-refractivity contribution in [3.05, 3.63) is 82.7 Å². The zero-order valence-electron chi connectivity index (χ0n) is 19.3. The Bertz CT molecular complexity index is 1410. The van der Waals surface area contributed by atoms with Crippen LogP contribution in [0.5, 0.6) is 0 Å². The third-order valence-electron chi connectivity index (χ3n) is 6.31. The van der Waals surface area contributed by atoms with E-state index in [-0.39, 0.29) is 6.54 Å². The second-order valence-electron chi connectivity index (χ2n) is 8.64. The number of carbonyl (C=O) groups excluding carboxylic acids is 2. The minimum Gasteiger partial charge on any atom is -0.366 e. The lowest BCUT2D eigenvalue weighted by molar-refractivity contribution is 0.100. The van der Waals surface area contributed by atoms with Crippen LogP contribution in [-0.2, 0) is 25.9 Å². The number of primary amides is 2. The largest absolute Gasteiger partial charge is 0.366 e. The summed E-state index contributed by atoms with van der Waals surface area (Å²) in [4.78, 5) is 33.4. The molecule has 0 saturated heterocycles. The highest BCUT2D eigenvalue weighted by Gasteiger charge is 2.22. The van der Waals surface area contributed by atoms with Crippen molar-refractivity contribution in [3.8, 4) is 5.95 Å². The van der Waals surface area contributed by atoms with Crippen LogP contribution in [0.15, 0.2) is 54.6 Å². The predicted molar refractivity (Wildman–Crippen MR) is 134 cm³/mol. The summed E-state index contributed by atoms with van der Waals surface area (Å²) in [7, 11) is 0. The van der Waals surface area contributed by atoms with Gasteiger partial charge in [-0.25, -0.2) is 9.78 Å². The SMILES string of the molecule is NC(=O)NCc1cc2c(C(N)=O)cccc2n1-c1nc2c(c(NCc3ccccc3)n1)CCCC2. The minimum atomic E-state index is -0.645. The standard InChI is InChI=1S/C26H27N7O2/c27-23(34)18-10-6-12-22-20(18)13-17(15-30-25(28)35)33(22)26-31-21-11-5-4-9-19(21)24(32-26)29-14-16-7-2-1-3-8-16/h1-3,6-8,10,12-13H,4-5,9,11,14-15H2,(H2,27,34)(H3,28,30,35)(H,29,31,32). The lowest BCUT2D eigenvalue weighted by atomic mass is 9.96. The van der Waals surface area contributed by atoms with E-state index in [1.807, 2.05) is 34.9 Å². The molecule has 5 rings (SSSR count). The average Bonchev–Trinajstić information content (AvgIpc) is 3.25. The first-order chi connectivity index (χ1) is 17.0. The average molecular weight is 470 g/mol. The number of nitrogens with zero attached hydrogens (tertiary/aromatic N) is 3. The maximum absolute atomic E-state index is 12.1. The molecule has 0 spiro atoms. The van der Waals surface area contributed by atoms with Gasteiger partial charge in [-0.2, -0.15) is 4.98 Å². The van der Waals surface area contributed by atoms with Gasteiger partial charge < -0.3 is 22.1 Å². The molecule has 9 nitrogen and oxygen atoms in total. The number of hydrogen-bond donors (Lipinski definition) is 4. The van der Waals surface area contributed by atoms with Crippen LogP contribution in [0.25, 0.3) is 16.9 Å². The fraction of sp³-hybridized carbons (Fsp3) is 0.231. The van der Waals surface area contributed by atoms with E-state index in [4.69, 9.17) is 21.4 Å². The Morgan fingerprint density at radius 3 is 2.51 bits per heavy atom. The van der Waals surface area contributed by atoms with Crippen molar-refractivity contribution in [1.82, 2.24) is 19.9 Å². The molecule has 178 valence electrons. The third kappa shape index (κ3) is 4.52. The maximum atomic E-state index is 12.1. The Morgan fingerprint density at radius 2 is 1.74 bits per heavy atom. The van der Waals surface area contributed by atoms with E-state index < -0.39 is 11.9 Å². The molecule has 2 heterocycles. The van der Waals surface area contributed by atoms with Gasteiger partial charge in [0.15, 0.2) is 0 Å². The first-order valence-corrected chi connectivity index (χ1v) is 11.7. The first-order valence-electron chi connectivity index (χ1n) is 11.7. The Balaban J connectivity index is 1.65. The second kappa shape index (κ2) is 9.46. The highest BCUT2D eigenvalue weighted by Crippen LogP contribution is 2.30. The summed E-state index contributed by atoms with van der Waals surface area (Å²) >= 11 is 0. The Kier molecular flexibility index (Phi) is 6.05. The number of aromatic nitrogens is 3. The number of urea groups is 1. The lowest BCUT2D eigenvalue weighted by Gasteiger charge is -2.21. The zero-order chi connectivity index (χ0) is 24.4. The molecule has 0 radical (unpaired) electrons. The van der Waals surface area contributed by atoms with Crippen LogP contribution in [-0.4, -0.2) is 26.5 Å². The number of nitrogens with two attached hydrogens (primary N) is 2. The van der Waals surface area contributed by atoms with Crippen LogP contribution in [0, 0.1) is 0 Å². The van der Waals surface area contributed by atoms with Gasteiger partial charge in [-0.1, -0.05) is 36.4 Å². The molecule has 0 aliphatic heterocycles. The van der Waals surface area contributed by atoms with Crippen LogP contribution >= 0.6 is 0 Å². The highest BCUT2D eigenvalue weighted by atomic mass is 16.2. The molecule has 1 aliphatic rings. The van der Waals surface area contributed by atoms with Gasteiger partial charge in [-0.3, -0.25) is 9.36 Å². The fourth-order valence-electron chi connectivity index (χ4n) is 4.65. The van der Waals surface area contributed by atoms with Gasteiger partial charge in [-0.15, -0.1) is 0 Å². The molecule has 0 saturated carbocycles. The summed E-state index contributed by atoms with van der Waals surface area (Å²) in [5, 5.41) is 6.81. The number of fused-ring (bicyclic) bond motifs is 2. The van der Waals surface area contributed by atoms with Crippen LogP contribution in [0.4, 0.5) is 10.6 Å². The van der Waals surface area contributed by atoms with Gasteiger partial charge in [-0.05, 0) is 49.4 Å². The maximum Gasteiger partial charge on any atom is 0.312 e. The van der Waals surface area contributed by atoms with Crippen molar-refractivity contribution in [1.29, 1.82) is 0 Å². The monoisotopic (exact) mass is 469 g/mol. The van der Waals surface area contributed by atoms with Crippen molar-refractivity contribution in [2.75, 3.05) is 5.32 Å². The molecule has 3 amide bonds. The number of hydrogen-bond acceptors (Lipinski definition) is 5. The normalized spacial score (nSPS) is 12.8. The van der Waals surface area contributed by atoms with Crippen molar-refractivity contribution >= 4 is 28.7 Å². The summed E-state index contributed by atoms with van der Waals surface area (Å²) < 4.78 is 1.86. The van der Waals surface area contributed by atoms with Gasteiger partial charge in [0.1, 0.15) is 5.82 Å². The molecule has 0 bridgehead atoms. The molecule has 4 aromatic rings. The molecule has 0 unspecified atom stereocenters. The number of rotatable bonds is 7. The van der Waals surface area contributed by atoms with Crippen LogP contribution in [0.3, 0.4) is 0 Å². The molecule has 2 aromatic carbocycles. The Labute approximate surface area is 202 Å². The van der Waals surface area contributed by atoms with Gasteiger partial charge in [0.05, 0.1) is 17.8 Å². The first kappa shape index (κ1) is 22.4. The molecule has 1 aliphatic carbocycles. The van der Waals surface area contributed by atoms with Gasteiger partial charge >= 0.3 is 6.03 Å². The minimum absolute atomic E-state index is 0.148. The Hall–Kier alpha value is -4.40. The van der Waals surface area contributed by atoms with E-state index in [9.17, 15) is 9.59 Å². The molecule has 2 aromatic heterocycles. The molecule has 6 N–H and O–H groups in total. The summed E-state index contributed by atoms with van der Waals surface area (Å²) in [6, 6.07) is 16.7. The highest BCUT2D eigenvalue weighted by molar-refractivity contribution is 6.06. The van der Waals surface area contributed by atoms with Crippen molar-refractivity contribution in [2.24, 2.45) is 11.5 Å². The van der Waals surface area contributed by atoms with Gasteiger partial charge in [0.25, 0.3) is 0 Å². The van der Waals surface area contributed by atoms with E-state index in [1.165, 1.54) is 0 Å². The van der Waals surface area contributed by atoms with E-state index >= 15 is 0 Å². The van der Waals surface area contributed by atoms with E-state index in [2.05, 4.69) is 22.8 Å².